The van der Waals surface area contributed by atoms with Crippen LogP contribution in [0.3, 0.4) is 0 Å². The minimum Gasteiger partial charge on any atom is -0.495 e. The van der Waals surface area contributed by atoms with Crippen molar-refractivity contribution in [2.24, 2.45) is 10.3 Å². The number of fused-ring (bicyclic) bond motifs is 1. The Labute approximate surface area is 177 Å². The summed E-state index contributed by atoms with van der Waals surface area (Å²) >= 11 is 6.13. The van der Waals surface area contributed by atoms with Crippen molar-refractivity contribution in [3.63, 3.8) is 0 Å². The van der Waals surface area contributed by atoms with Crippen LogP contribution in [0.1, 0.15) is 5.56 Å². The lowest BCUT2D eigenvalue weighted by Gasteiger charge is -2.20. The van der Waals surface area contributed by atoms with Crippen molar-refractivity contribution >= 4 is 35.0 Å². The fourth-order valence-electron chi connectivity index (χ4n) is 3.40. The summed E-state index contributed by atoms with van der Waals surface area (Å²) < 4.78 is 5.10. The van der Waals surface area contributed by atoms with E-state index in [0.717, 1.165) is 10.5 Å². The third-order valence-corrected chi connectivity index (χ3v) is 5.18. The average molecular weight is 428 g/mol. The molecule has 0 aromatic heterocycles. The van der Waals surface area contributed by atoms with Gasteiger partial charge in [-0.15, -0.1) is 0 Å². The highest BCUT2D eigenvalue weighted by molar-refractivity contribution is 6.33. The molecule has 0 spiro atoms. The fraction of sp³-hybridized carbons (Fsp3) is 0.250. The second-order valence-corrected chi connectivity index (χ2v) is 7.19. The monoisotopic (exact) mass is 427 g/mol. The molecule has 1 N–H and O–H groups in total. The molecule has 0 bridgehead atoms. The summed E-state index contributed by atoms with van der Waals surface area (Å²) in [4.78, 5) is 39.1. The van der Waals surface area contributed by atoms with Crippen molar-refractivity contribution in [3.05, 3.63) is 59.1 Å². The van der Waals surface area contributed by atoms with Crippen LogP contribution in [0.2, 0.25) is 5.02 Å². The number of rotatable bonds is 6. The highest BCUT2D eigenvalue weighted by Gasteiger charge is 2.55. The Morgan fingerprint density at radius 1 is 1.17 bits per heavy atom. The zero-order valence-electron chi connectivity index (χ0n) is 16.0. The lowest BCUT2D eigenvalue weighted by atomic mass is 10.1. The summed E-state index contributed by atoms with van der Waals surface area (Å²) in [5.41, 5.74) is 1.26. The van der Waals surface area contributed by atoms with Gasteiger partial charge in [-0.1, -0.05) is 47.2 Å². The number of carbonyl (C=O) groups excluding carboxylic acids is 3. The second-order valence-electron chi connectivity index (χ2n) is 6.79. The molecule has 1 fully saturated rings. The number of nitrogens with zero attached hydrogens (tertiary/aromatic N) is 4. The Kier molecular flexibility index (Phi) is 5.37. The van der Waals surface area contributed by atoms with Crippen LogP contribution in [-0.4, -0.2) is 48.5 Å². The molecule has 154 valence electrons. The van der Waals surface area contributed by atoms with Crippen LogP contribution in [0.5, 0.6) is 5.75 Å². The van der Waals surface area contributed by atoms with Gasteiger partial charge in [0, 0.05) is 6.54 Å². The van der Waals surface area contributed by atoms with E-state index in [1.165, 1.54) is 18.2 Å². The third-order valence-electron chi connectivity index (χ3n) is 4.89. The maximum Gasteiger partial charge on any atom is 0.263 e. The minimum atomic E-state index is -0.986. The van der Waals surface area contributed by atoms with Gasteiger partial charge < -0.3 is 10.1 Å². The van der Waals surface area contributed by atoms with Crippen LogP contribution in [0.15, 0.2) is 58.9 Å². The Balaban J connectivity index is 1.45. The van der Waals surface area contributed by atoms with Crippen molar-refractivity contribution < 1.29 is 19.1 Å². The van der Waals surface area contributed by atoms with Crippen molar-refractivity contribution in [2.75, 3.05) is 18.6 Å². The molecule has 3 amide bonds. The Bertz CT molecular complexity index is 1030. The zero-order valence-corrected chi connectivity index (χ0v) is 16.7. The fourth-order valence-corrected chi connectivity index (χ4v) is 3.65. The molecule has 2 aliphatic rings. The lowest BCUT2D eigenvalue weighted by Crippen LogP contribution is -2.44. The van der Waals surface area contributed by atoms with Crippen molar-refractivity contribution in [1.82, 2.24) is 10.3 Å². The summed E-state index contributed by atoms with van der Waals surface area (Å²) in [6, 6.07) is 12.1. The van der Waals surface area contributed by atoms with Crippen LogP contribution in [-0.2, 0) is 20.9 Å². The standard InChI is InChI=1S/C20H18ClN5O4/c1-30-15-8-7-13(9-14(15)21)26-19(28)17-18(20(26)29)25(24-23-17)11-16(27)22-10-12-5-3-2-4-6-12/h2-9,17-18H,10-11H2,1H3,(H,22,27)/t17-,18-/m0/s1. The molecule has 1 saturated heterocycles. The van der Waals surface area contributed by atoms with Gasteiger partial charge in [0.1, 0.15) is 12.3 Å². The number of nitrogens with one attached hydrogen (secondary N) is 1. The largest absolute Gasteiger partial charge is 0.495 e. The van der Waals surface area contributed by atoms with Gasteiger partial charge >= 0.3 is 0 Å². The maximum absolute atomic E-state index is 13.0. The molecule has 4 rings (SSSR count). The first-order valence-corrected chi connectivity index (χ1v) is 9.57. The van der Waals surface area contributed by atoms with E-state index in [-0.39, 0.29) is 17.5 Å². The zero-order chi connectivity index (χ0) is 21.3. The lowest BCUT2D eigenvalue weighted by molar-refractivity contribution is -0.125. The van der Waals surface area contributed by atoms with E-state index >= 15 is 0 Å². The van der Waals surface area contributed by atoms with Gasteiger partial charge in [0.15, 0.2) is 12.1 Å². The molecular formula is C20H18ClN5O4. The van der Waals surface area contributed by atoms with Gasteiger partial charge in [0.2, 0.25) is 5.91 Å². The Morgan fingerprint density at radius 3 is 2.63 bits per heavy atom. The molecule has 0 radical (unpaired) electrons. The highest BCUT2D eigenvalue weighted by atomic mass is 35.5. The van der Waals surface area contributed by atoms with Gasteiger partial charge in [-0.2, -0.15) is 5.11 Å². The molecule has 2 aromatic rings. The normalized spacial score (nSPS) is 19.9. The van der Waals surface area contributed by atoms with Crippen LogP contribution < -0.4 is 15.0 Å². The van der Waals surface area contributed by atoms with Crippen molar-refractivity contribution in [1.29, 1.82) is 0 Å². The third kappa shape index (κ3) is 3.59. The molecule has 2 atom stereocenters. The average Bonchev–Trinajstić information content (AvgIpc) is 3.27. The van der Waals surface area contributed by atoms with Gasteiger partial charge in [-0.05, 0) is 23.8 Å². The first-order chi connectivity index (χ1) is 14.5. The number of amides is 3. The van der Waals surface area contributed by atoms with Crippen LogP contribution in [0, 0.1) is 0 Å². The van der Waals surface area contributed by atoms with E-state index in [1.807, 2.05) is 30.3 Å². The number of hydrogen-bond donors (Lipinski definition) is 1. The van der Waals surface area contributed by atoms with E-state index in [2.05, 4.69) is 15.7 Å². The number of halogens is 1. The second kappa shape index (κ2) is 8.11. The first-order valence-electron chi connectivity index (χ1n) is 9.19. The molecule has 9 nitrogen and oxygen atoms in total. The topological polar surface area (TPSA) is 104 Å². The molecule has 10 heteroatoms. The quantitative estimate of drug-likeness (QED) is 0.710. The van der Waals surface area contributed by atoms with Crippen LogP contribution >= 0.6 is 11.6 Å². The number of methoxy groups -OCH3 is 1. The summed E-state index contributed by atoms with van der Waals surface area (Å²) in [6.45, 7) is 0.163. The molecule has 30 heavy (non-hydrogen) atoms. The molecule has 2 aliphatic heterocycles. The number of benzene rings is 2. The predicted molar refractivity (Wildman–Crippen MR) is 108 cm³/mol. The number of carbonyl (C=O) groups is 3. The van der Waals surface area contributed by atoms with Gasteiger partial charge in [0.25, 0.3) is 11.8 Å². The van der Waals surface area contributed by atoms with E-state index in [1.54, 1.807) is 12.1 Å². The summed E-state index contributed by atoms with van der Waals surface area (Å²) in [5.74, 6) is -0.921. The van der Waals surface area contributed by atoms with Gasteiger partial charge in [-0.3, -0.25) is 19.4 Å². The maximum atomic E-state index is 13.0. The van der Waals surface area contributed by atoms with E-state index < -0.39 is 23.9 Å². The smallest absolute Gasteiger partial charge is 0.263 e. The summed E-state index contributed by atoms with van der Waals surface area (Å²) in [7, 11) is 1.47. The van der Waals surface area contributed by atoms with E-state index in [0.29, 0.717) is 18.0 Å². The molecule has 0 aliphatic carbocycles. The minimum absolute atomic E-state index is 0.187. The van der Waals surface area contributed by atoms with Crippen molar-refractivity contribution in [3.8, 4) is 5.75 Å². The van der Waals surface area contributed by atoms with Crippen molar-refractivity contribution in [2.45, 2.75) is 18.6 Å². The van der Waals surface area contributed by atoms with Gasteiger partial charge in [-0.25, -0.2) is 4.90 Å². The van der Waals surface area contributed by atoms with E-state index in [4.69, 9.17) is 16.3 Å². The van der Waals surface area contributed by atoms with E-state index in [9.17, 15) is 14.4 Å². The SMILES string of the molecule is COc1ccc(N2C(=O)[C@H]3N=NN(CC(=O)NCc4ccccc4)[C@@H]3C2=O)cc1Cl. The summed E-state index contributed by atoms with van der Waals surface area (Å²) in [6.07, 6.45) is 0. The van der Waals surface area contributed by atoms with Crippen LogP contribution in [0.4, 0.5) is 5.69 Å². The Hall–Kier alpha value is -3.46. The number of hydrogen-bond acceptors (Lipinski definition) is 7. The predicted octanol–water partition coefficient (Wildman–Crippen LogP) is 1.96. The molecule has 0 unspecified atom stereocenters. The summed E-state index contributed by atoms with van der Waals surface area (Å²) in [5, 5.41) is 12.1. The first kappa shape index (κ1) is 19.8. The molecular weight excluding hydrogens is 410 g/mol. The molecule has 0 saturated carbocycles. The molecule has 2 aromatic carbocycles. The number of imide groups is 1. The molecule has 2 heterocycles. The van der Waals surface area contributed by atoms with Crippen LogP contribution in [0.25, 0.3) is 0 Å². The number of anilines is 1. The van der Waals surface area contributed by atoms with Gasteiger partial charge in [0.05, 0.1) is 17.8 Å². The number of ether oxygens (including phenoxy) is 1. The highest BCUT2D eigenvalue weighted by Crippen LogP contribution is 2.35. The Morgan fingerprint density at radius 2 is 1.93 bits per heavy atom.